The van der Waals surface area contributed by atoms with Gasteiger partial charge < -0.3 is 14.6 Å². The van der Waals surface area contributed by atoms with Gasteiger partial charge in [-0.2, -0.15) is 0 Å². The molecule has 6 rings (SSSR count). The van der Waals surface area contributed by atoms with Crippen LogP contribution in [-0.4, -0.2) is 29.1 Å². The smallest absolute Gasteiger partial charge is 0.312 e. The molecule has 1 heterocycles. The van der Waals surface area contributed by atoms with Gasteiger partial charge in [-0.3, -0.25) is 14.9 Å². The van der Waals surface area contributed by atoms with Crippen LogP contribution in [0.4, 0.5) is 11.4 Å². The number of aromatic nitrogens is 1. The molecule has 0 aliphatic heterocycles. The largest absolute Gasteiger partial charge is 0.469 e. The maximum Gasteiger partial charge on any atom is 0.312 e. The van der Waals surface area contributed by atoms with Gasteiger partial charge in [0.15, 0.2) is 0 Å². The van der Waals surface area contributed by atoms with E-state index in [-0.39, 0.29) is 27.9 Å². The second-order valence-electron chi connectivity index (χ2n) is 12.7. The van der Waals surface area contributed by atoms with Crippen molar-refractivity contribution >= 4 is 28.2 Å². The van der Waals surface area contributed by atoms with Crippen molar-refractivity contribution < 1.29 is 14.5 Å². The van der Waals surface area contributed by atoms with Crippen LogP contribution in [-0.2, 0) is 21.5 Å². The van der Waals surface area contributed by atoms with E-state index in [4.69, 9.17) is 4.74 Å². The summed E-state index contributed by atoms with van der Waals surface area (Å²) in [5.41, 5.74) is 7.51. The molecule has 0 saturated heterocycles. The maximum atomic E-state index is 13.6. The Balaban J connectivity index is 1.54. The molecular formula is C35H39N3O4. The van der Waals surface area contributed by atoms with E-state index in [2.05, 4.69) is 80.0 Å². The number of hydrogen-bond acceptors (Lipinski definition) is 5. The van der Waals surface area contributed by atoms with Gasteiger partial charge in [0.2, 0.25) is 0 Å². The minimum atomic E-state index is -0.656. The van der Waals surface area contributed by atoms with E-state index in [0.29, 0.717) is 19.0 Å². The van der Waals surface area contributed by atoms with Gasteiger partial charge in [0, 0.05) is 58.7 Å². The Labute approximate surface area is 247 Å². The summed E-state index contributed by atoms with van der Waals surface area (Å²) in [5.74, 6) is 0.216. The van der Waals surface area contributed by atoms with Gasteiger partial charge in [0.25, 0.3) is 5.69 Å². The SMILES string of the molecule is COC(=O)[C@]1(C)CCC[C@]2(C)c3ccc(C(C)C)cc3-c3c(c4ccccc4n3CCNc3ccc([N+](=O)[O-])cc3)[C@@H]12. The molecule has 0 unspecified atom stereocenters. The molecule has 1 N–H and O–H groups in total. The van der Waals surface area contributed by atoms with Crippen molar-refractivity contribution in [1.29, 1.82) is 0 Å². The van der Waals surface area contributed by atoms with Gasteiger partial charge in [-0.05, 0) is 66.6 Å². The molecule has 2 aliphatic rings. The van der Waals surface area contributed by atoms with Crippen molar-refractivity contribution in [1.82, 2.24) is 4.57 Å². The summed E-state index contributed by atoms with van der Waals surface area (Å²) in [5, 5.41) is 15.7. The number of nitrogens with zero attached hydrogens (tertiary/aromatic N) is 2. The van der Waals surface area contributed by atoms with Crippen LogP contribution >= 0.6 is 0 Å². The number of nitro benzene ring substituents is 1. The topological polar surface area (TPSA) is 86.4 Å². The fraction of sp³-hybridized carbons (Fsp3) is 0.400. The molecule has 3 aromatic carbocycles. The molecule has 3 atom stereocenters. The first-order valence-electron chi connectivity index (χ1n) is 14.9. The predicted molar refractivity (Wildman–Crippen MR) is 167 cm³/mol. The maximum absolute atomic E-state index is 13.6. The fourth-order valence-corrected chi connectivity index (χ4v) is 7.97. The highest BCUT2D eigenvalue weighted by Crippen LogP contribution is 2.65. The highest BCUT2D eigenvalue weighted by molar-refractivity contribution is 5.96. The molecule has 0 bridgehead atoms. The van der Waals surface area contributed by atoms with E-state index >= 15 is 0 Å². The zero-order valence-electron chi connectivity index (χ0n) is 25.1. The third kappa shape index (κ3) is 4.20. The van der Waals surface area contributed by atoms with E-state index < -0.39 is 5.41 Å². The molecule has 2 aliphatic carbocycles. The number of ether oxygens (including phenoxy) is 1. The van der Waals surface area contributed by atoms with Crippen LogP contribution in [0.2, 0.25) is 0 Å². The minimum Gasteiger partial charge on any atom is -0.469 e. The number of carbonyl (C=O) groups excluding carboxylic acids is 1. The number of anilines is 1. The minimum absolute atomic E-state index is 0.0348. The Bertz CT molecular complexity index is 1690. The van der Waals surface area contributed by atoms with Crippen LogP contribution in [0.3, 0.4) is 0 Å². The summed E-state index contributed by atoms with van der Waals surface area (Å²) in [7, 11) is 1.51. The molecule has 1 fully saturated rings. The summed E-state index contributed by atoms with van der Waals surface area (Å²) >= 11 is 0. The summed E-state index contributed by atoms with van der Waals surface area (Å²) in [4.78, 5) is 24.3. The number of hydrogen-bond donors (Lipinski definition) is 1. The third-order valence-electron chi connectivity index (χ3n) is 9.94. The first-order valence-corrected chi connectivity index (χ1v) is 14.9. The van der Waals surface area contributed by atoms with Gasteiger partial charge in [-0.1, -0.05) is 57.5 Å². The molecular weight excluding hydrogens is 526 g/mol. The van der Waals surface area contributed by atoms with E-state index in [0.717, 1.165) is 30.5 Å². The third-order valence-corrected chi connectivity index (χ3v) is 9.94. The Morgan fingerprint density at radius 2 is 1.83 bits per heavy atom. The number of benzene rings is 3. The summed E-state index contributed by atoms with van der Waals surface area (Å²) < 4.78 is 7.91. The van der Waals surface area contributed by atoms with Crippen LogP contribution in [0.15, 0.2) is 66.7 Å². The van der Waals surface area contributed by atoms with Crippen LogP contribution in [0.5, 0.6) is 0 Å². The van der Waals surface area contributed by atoms with Crippen LogP contribution in [0.1, 0.15) is 75.5 Å². The molecule has 7 nitrogen and oxygen atoms in total. The van der Waals surface area contributed by atoms with Crippen molar-refractivity contribution in [2.75, 3.05) is 19.0 Å². The molecule has 0 spiro atoms. The second-order valence-corrected chi connectivity index (χ2v) is 12.7. The lowest BCUT2D eigenvalue weighted by molar-refractivity contribution is -0.384. The van der Waals surface area contributed by atoms with E-state index in [9.17, 15) is 14.9 Å². The number of nitrogens with one attached hydrogen (secondary N) is 1. The van der Waals surface area contributed by atoms with Gasteiger partial charge in [0.1, 0.15) is 0 Å². The number of para-hydroxylation sites is 1. The van der Waals surface area contributed by atoms with E-state index in [1.807, 2.05) is 0 Å². The molecule has 7 heteroatoms. The standard InChI is InChI=1S/C35H39N3O4/c1-22(2)23-11-16-28-27(21-23)31-30(32-34(28,3)17-8-18-35(32,4)33(39)42-5)26-9-6-7-10-29(26)37(31)20-19-36-24-12-14-25(15-13-24)38(40)41/h6-7,9-16,21-22,32,36H,8,17-20H2,1-5H3/t32-,34-,35-/m1/s1. The molecule has 218 valence electrons. The number of esters is 1. The lowest BCUT2D eigenvalue weighted by Gasteiger charge is -2.54. The summed E-state index contributed by atoms with van der Waals surface area (Å²) in [6, 6.07) is 22.1. The van der Waals surface area contributed by atoms with E-state index in [1.54, 1.807) is 12.1 Å². The number of fused-ring (bicyclic) bond motifs is 8. The highest BCUT2D eigenvalue weighted by atomic mass is 16.6. The van der Waals surface area contributed by atoms with Gasteiger partial charge >= 0.3 is 5.97 Å². The Morgan fingerprint density at radius 1 is 1.10 bits per heavy atom. The van der Waals surface area contributed by atoms with Crippen molar-refractivity contribution in [3.63, 3.8) is 0 Å². The quantitative estimate of drug-likeness (QED) is 0.139. The van der Waals surface area contributed by atoms with Gasteiger partial charge in [0.05, 0.1) is 23.1 Å². The summed E-state index contributed by atoms with van der Waals surface area (Å²) in [6.45, 7) is 10.3. The molecule has 4 aromatic rings. The van der Waals surface area contributed by atoms with Crippen molar-refractivity contribution in [3.8, 4) is 11.3 Å². The first-order chi connectivity index (χ1) is 20.1. The molecule has 1 aromatic heterocycles. The average molecular weight is 566 g/mol. The number of methoxy groups -OCH3 is 1. The Morgan fingerprint density at radius 3 is 2.52 bits per heavy atom. The lowest BCUT2D eigenvalue weighted by Crippen LogP contribution is -2.50. The van der Waals surface area contributed by atoms with Crippen LogP contribution in [0, 0.1) is 15.5 Å². The van der Waals surface area contributed by atoms with Crippen molar-refractivity contribution in [3.05, 3.63) is 93.5 Å². The van der Waals surface area contributed by atoms with Crippen molar-refractivity contribution in [2.45, 2.75) is 70.8 Å². The van der Waals surface area contributed by atoms with E-state index in [1.165, 1.54) is 52.6 Å². The molecule has 1 saturated carbocycles. The highest BCUT2D eigenvalue weighted by Gasteiger charge is 2.58. The molecule has 0 amide bonds. The van der Waals surface area contributed by atoms with Crippen LogP contribution in [0.25, 0.3) is 22.2 Å². The predicted octanol–water partition coefficient (Wildman–Crippen LogP) is 8.17. The Kier molecular flexibility index (Phi) is 6.87. The lowest BCUT2D eigenvalue weighted by atomic mass is 9.49. The van der Waals surface area contributed by atoms with Crippen LogP contribution < -0.4 is 5.32 Å². The zero-order chi connectivity index (χ0) is 29.8. The number of non-ortho nitro benzene ring substituents is 1. The Hall–Kier alpha value is -4.13. The number of nitro groups is 1. The normalized spacial score (nSPS) is 22.8. The van der Waals surface area contributed by atoms with Crippen molar-refractivity contribution in [2.24, 2.45) is 5.41 Å². The molecule has 0 radical (unpaired) electrons. The number of carbonyl (C=O) groups is 1. The number of rotatable bonds is 7. The van der Waals surface area contributed by atoms with Gasteiger partial charge in [-0.25, -0.2) is 0 Å². The second kappa shape index (κ2) is 10.3. The monoisotopic (exact) mass is 565 g/mol. The average Bonchev–Trinajstić information content (AvgIpc) is 3.30. The summed E-state index contributed by atoms with van der Waals surface area (Å²) in [6.07, 6.45) is 2.77. The fourth-order valence-electron chi connectivity index (χ4n) is 7.97. The first kappa shape index (κ1) is 28.0. The zero-order valence-corrected chi connectivity index (χ0v) is 25.1. The van der Waals surface area contributed by atoms with Gasteiger partial charge in [-0.15, -0.1) is 0 Å². The molecule has 42 heavy (non-hydrogen) atoms.